The van der Waals surface area contributed by atoms with Crippen LogP contribution in [0.2, 0.25) is 0 Å². The number of carbonyl (C=O) groups is 7. The number of pyridine rings is 2. The Morgan fingerprint density at radius 2 is 1.75 bits per heavy atom. The van der Waals surface area contributed by atoms with Gasteiger partial charge in [0.15, 0.2) is 11.4 Å². The summed E-state index contributed by atoms with van der Waals surface area (Å²) in [7, 11) is 0. The van der Waals surface area contributed by atoms with Gasteiger partial charge in [-0.05, 0) is 93.5 Å². The number of imide groups is 1. The van der Waals surface area contributed by atoms with E-state index in [9.17, 15) is 43.5 Å². The topological polar surface area (TPSA) is 249 Å². The van der Waals surface area contributed by atoms with Crippen LogP contribution in [0.1, 0.15) is 151 Å². The third-order valence-electron chi connectivity index (χ3n) is 14.5. The van der Waals surface area contributed by atoms with Crippen molar-refractivity contribution >= 4 is 52.2 Å². The van der Waals surface area contributed by atoms with E-state index in [4.69, 9.17) is 15.5 Å². The normalized spacial score (nSPS) is 20.1. The number of nitrogens with one attached hydrogen (secondary N) is 3. The van der Waals surface area contributed by atoms with Crippen LogP contribution in [0.3, 0.4) is 0 Å². The third-order valence-corrected chi connectivity index (χ3v) is 14.5. The summed E-state index contributed by atoms with van der Waals surface area (Å²) in [4.78, 5) is 111. The number of hydrogen-bond donors (Lipinski definition) is 5. The number of ketones is 1. The van der Waals surface area contributed by atoms with Gasteiger partial charge in [-0.3, -0.25) is 38.5 Å². The Kier molecular flexibility index (Phi) is 15.8. The standard InChI is InChI=1S/C51H66FN7O10/c1-6-51(68)34-23-38-46-32(25-59(38)49(66)33(34)26-69-50(51)67)44-36(17-16-31-29(5)35(52)24-37(56-46)43(31)44)55-40(61)15-12-19-54-47(64)30(13-9-10-18-53)22-39(60)45(27(2)3)57-41(62)14-8-7-11-20-58-42(63)21-28(4)48(58)65/h23-24,27-28,30,36,45,68H,6-22,25-26,53H2,1-5H3,(H,54,64)(H,55,61)(H,57,62)/t28?,30-,36+,45+,51+/m1/s1. The number of esters is 1. The number of halogens is 1. The Bertz CT molecular complexity index is 2630. The largest absolute Gasteiger partial charge is 0.458 e. The van der Waals surface area contributed by atoms with Gasteiger partial charge in [0.05, 0.1) is 41.1 Å². The molecule has 372 valence electrons. The number of rotatable bonds is 22. The fourth-order valence-corrected chi connectivity index (χ4v) is 10.5. The van der Waals surface area contributed by atoms with Gasteiger partial charge in [0.2, 0.25) is 29.5 Å². The summed E-state index contributed by atoms with van der Waals surface area (Å²) in [6.45, 7) is 9.48. The second-order valence-electron chi connectivity index (χ2n) is 19.6. The second kappa shape index (κ2) is 21.4. The Balaban J connectivity index is 0.968. The van der Waals surface area contributed by atoms with Crippen LogP contribution in [0.25, 0.3) is 22.3 Å². The minimum Gasteiger partial charge on any atom is -0.458 e. The number of fused-ring (bicyclic) bond motifs is 5. The van der Waals surface area contributed by atoms with Crippen molar-refractivity contribution < 1.29 is 47.8 Å². The van der Waals surface area contributed by atoms with Crippen LogP contribution >= 0.6 is 0 Å². The molecule has 1 saturated heterocycles. The van der Waals surface area contributed by atoms with Crippen molar-refractivity contribution in [1.29, 1.82) is 0 Å². The monoisotopic (exact) mass is 955 g/mol. The highest BCUT2D eigenvalue weighted by molar-refractivity contribution is 6.03. The van der Waals surface area contributed by atoms with E-state index in [0.717, 1.165) is 16.5 Å². The van der Waals surface area contributed by atoms with Crippen LogP contribution in [0, 0.1) is 30.5 Å². The van der Waals surface area contributed by atoms with E-state index >= 15 is 4.39 Å². The lowest BCUT2D eigenvalue weighted by molar-refractivity contribution is -0.172. The lowest BCUT2D eigenvalue weighted by Gasteiger charge is -2.31. The van der Waals surface area contributed by atoms with Crippen LogP contribution < -0.4 is 27.2 Å². The summed E-state index contributed by atoms with van der Waals surface area (Å²) in [5.41, 5.74) is 7.46. The number of unbranched alkanes of at least 4 members (excludes halogenated alkanes) is 3. The first-order valence-corrected chi connectivity index (χ1v) is 24.6. The number of likely N-dealkylation sites (tertiary alicyclic amines) is 1. The molecule has 1 aromatic carbocycles. The number of amides is 5. The Morgan fingerprint density at radius 1 is 1.00 bits per heavy atom. The first-order valence-electron chi connectivity index (χ1n) is 24.6. The lowest BCUT2D eigenvalue weighted by Crippen LogP contribution is -2.46. The van der Waals surface area contributed by atoms with E-state index in [1.165, 1.54) is 15.5 Å². The summed E-state index contributed by atoms with van der Waals surface area (Å²) in [6.07, 6.45) is 5.00. The molecule has 1 fully saturated rings. The lowest BCUT2D eigenvalue weighted by atomic mass is 9.81. The molecule has 1 unspecified atom stereocenters. The molecule has 1 aliphatic carbocycles. The Hall–Kier alpha value is -5.88. The summed E-state index contributed by atoms with van der Waals surface area (Å²) < 4.78 is 22.2. The number of ether oxygens (including phenoxy) is 1. The predicted octanol–water partition coefficient (Wildman–Crippen LogP) is 4.33. The van der Waals surface area contributed by atoms with E-state index in [-0.39, 0.29) is 110 Å². The highest BCUT2D eigenvalue weighted by Gasteiger charge is 2.46. The zero-order valence-electron chi connectivity index (χ0n) is 40.4. The Labute approximate surface area is 400 Å². The maximum atomic E-state index is 15.4. The van der Waals surface area contributed by atoms with Gasteiger partial charge in [-0.25, -0.2) is 14.2 Å². The first-order chi connectivity index (χ1) is 32.9. The molecule has 2 aromatic heterocycles. The molecule has 5 heterocycles. The molecule has 4 aliphatic rings. The van der Waals surface area contributed by atoms with Gasteiger partial charge >= 0.3 is 5.97 Å². The number of benzene rings is 1. The van der Waals surface area contributed by atoms with Gasteiger partial charge in [0, 0.05) is 73.2 Å². The second-order valence-corrected chi connectivity index (χ2v) is 19.6. The predicted molar refractivity (Wildman–Crippen MR) is 252 cm³/mol. The molecule has 0 bridgehead atoms. The molecule has 18 heteroatoms. The van der Waals surface area contributed by atoms with Gasteiger partial charge in [-0.1, -0.05) is 40.5 Å². The number of aryl methyl sites for hydroxylation is 1. The van der Waals surface area contributed by atoms with Crippen molar-refractivity contribution in [1.82, 2.24) is 30.4 Å². The average molecular weight is 956 g/mol. The van der Waals surface area contributed by atoms with Crippen LogP contribution in [-0.2, 0) is 63.5 Å². The van der Waals surface area contributed by atoms with Gasteiger partial charge in [-0.15, -0.1) is 0 Å². The number of aromatic nitrogens is 2. The molecule has 5 amide bonds. The molecule has 3 aromatic rings. The van der Waals surface area contributed by atoms with Crippen molar-refractivity contribution in [2.45, 2.75) is 155 Å². The Morgan fingerprint density at radius 3 is 2.45 bits per heavy atom. The van der Waals surface area contributed by atoms with E-state index in [2.05, 4.69) is 16.0 Å². The molecular formula is C51H66FN7O10. The number of nitrogens with zero attached hydrogens (tertiary/aromatic N) is 3. The minimum atomic E-state index is -2.02. The van der Waals surface area contributed by atoms with Crippen molar-refractivity contribution in [2.24, 2.45) is 23.5 Å². The smallest absolute Gasteiger partial charge is 0.343 e. The quantitative estimate of drug-likeness (QED) is 0.0420. The number of hydrogen-bond acceptors (Lipinski definition) is 12. The van der Waals surface area contributed by atoms with E-state index in [1.54, 1.807) is 26.8 Å². The van der Waals surface area contributed by atoms with Gasteiger partial charge in [-0.2, -0.15) is 0 Å². The molecular weight excluding hydrogens is 890 g/mol. The van der Waals surface area contributed by atoms with Crippen molar-refractivity contribution in [3.63, 3.8) is 0 Å². The SMILES string of the molecule is CC[C@@]1(O)C(=O)OCc2c1cc1n(c2=O)Cc2c-1nc1cc(F)c(C)c3c1c2[C@@H](NC(=O)CCCNC(=O)[C@H](CCCCN)CC(=O)[C@@H](NC(=O)CCCCCN1C(=O)CC(C)C1=O)C(C)C)CC3. The number of Topliss-reactive ketones (excluding diaryl/α,β-unsaturated/α-hetero) is 1. The number of aliphatic hydroxyl groups is 1. The summed E-state index contributed by atoms with van der Waals surface area (Å²) in [5, 5.41) is 21.1. The average Bonchev–Trinajstić information content (AvgIpc) is 3.80. The highest BCUT2D eigenvalue weighted by atomic mass is 19.1. The zero-order valence-corrected chi connectivity index (χ0v) is 40.4. The van der Waals surface area contributed by atoms with Gasteiger partial charge in [0.1, 0.15) is 12.4 Å². The maximum Gasteiger partial charge on any atom is 0.343 e. The fraction of sp³-hybridized carbons (Fsp3) is 0.588. The molecule has 0 saturated carbocycles. The number of nitrogens with two attached hydrogens (primary N) is 1. The summed E-state index contributed by atoms with van der Waals surface area (Å²) in [6, 6.07) is 1.64. The van der Waals surface area contributed by atoms with Crippen molar-refractivity contribution in [3.05, 3.63) is 61.7 Å². The minimum absolute atomic E-state index is 0.0223. The van der Waals surface area contributed by atoms with E-state index in [1.807, 2.05) is 13.8 Å². The summed E-state index contributed by atoms with van der Waals surface area (Å²) in [5.74, 6) is -3.95. The fourth-order valence-electron chi connectivity index (χ4n) is 10.5. The molecule has 3 aliphatic heterocycles. The molecule has 0 radical (unpaired) electrons. The van der Waals surface area contributed by atoms with Crippen molar-refractivity contribution in [2.75, 3.05) is 19.6 Å². The third kappa shape index (κ3) is 10.4. The highest BCUT2D eigenvalue weighted by Crippen LogP contribution is 2.46. The molecule has 0 spiro atoms. The van der Waals surface area contributed by atoms with E-state index < -0.39 is 40.9 Å². The first kappa shape index (κ1) is 51.0. The van der Waals surface area contributed by atoms with Crippen molar-refractivity contribution in [3.8, 4) is 11.4 Å². The zero-order chi connectivity index (χ0) is 49.9. The van der Waals surface area contributed by atoms with Crippen LogP contribution in [0.5, 0.6) is 0 Å². The maximum absolute atomic E-state index is 15.4. The van der Waals surface area contributed by atoms with Crippen LogP contribution in [0.15, 0.2) is 16.9 Å². The van der Waals surface area contributed by atoms with Gasteiger partial charge < -0.3 is 36.1 Å². The number of cyclic esters (lactones) is 1. The molecule has 5 atom stereocenters. The molecule has 7 rings (SSSR count). The number of carbonyl (C=O) groups excluding carboxylic acids is 7. The van der Waals surface area contributed by atoms with Crippen LogP contribution in [0.4, 0.5) is 4.39 Å². The molecule has 69 heavy (non-hydrogen) atoms. The molecule has 6 N–H and O–H groups in total. The van der Waals surface area contributed by atoms with Crippen LogP contribution in [-0.4, -0.2) is 86.5 Å². The molecule has 17 nitrogen and oxygen atoms in total. The van der Waals surface area contributed by atoms with Gasteiger partial charge in [0.25, 0.3) is 5.56 Å². The summed E-state index contributed by atoms with van der Waals surface area (Å²) >= 11 is 0. The van der Waals surface area contributed by atoms with E-state index in [0.29, 0.717) is 98.9 Å².